The summed E-state index contributed by atoms with van der Waals surface area (Å²) >= 11 is 0. The van der Waals surface area contributed by atoms with Crippen LogP contribution in [0.3, 0.4) is 0 Å². The van der Waals surface area contributed by atoms with E-state index in [4.69, 9.17) is 10.3 Å². The van der Waals surface area contributed by atoms with Crippen LogP contribution in [0.25, 0.3) is 11.5 Å². The zero-order valence-corrected chi connectivity index (χ0v) is 10.7. The van der Waals surface area contributed by atoms with Crippen LogP contribution in [0.5, 0.6) is 0 Å². The fourth-order valence-corrected chi connectivity index (χ4v) is 1.70. The molecule has 1 heterocycles. The third-order valence-electron chi connectivity index (χ3n) is 2.57. The summed E-state index contributed by atoms with van der Waals surface area (Å²) in [4.78, 5) is 15.6. The van der Waals surface area contributed by atoms with E-state index in [1.807, 2.05) is 31.2 Å². The number of benzene rings is 1. The number of carbonyl (C=O) groups is 1. The molecule has 0 unspecified atom stereocenters. The van der Waals surface area contributed by atoms with Crippen molar-refractivity contribution in [2.45, 2.75) is 13.3 Å². The van der Waals surface area contributed by atoms with Gasteiger partial charge in [0.25, 0.3) is 17.6 Å². The highest BCUT2D eigenvalue weighted by Crippen LogP contribution is 2.18. The maximum absolute atomic E-state index is 11.5. The van der Waals surface area contributed by atoms with E-state index in [0.717, 1.165) is 17.5 Å². The Hall–Kier alpha value is -2.21. The molecular formula is C13H16N4O2. The van der Waals surface area contributed by atoms with Gasteiger partial charge in [0.2, 0.25) is 0 Å². The quantitative estimate of drug-likeness (QED) is 0.836. The predicted molar refractivity (Wildman–Crippen MR) is 70.5 cm³/mol. The SMILES string of the molecule is CCNC(=O)c1noc(-c2cccc(CCN)c2)n1. The van der Waals surface area contributed by atoms with Gasteiger partial charge in [-0.2, -0.15) is 4.98 Å². The van der Waals surface area contributed by atoms with Gasteiger partial charge < -0.3 is 15.6 Å². The van der Waals surface area contributed by atoms with Crippen LogP contribution in [0.2, 0.25) is 0 Å². The number of aromatic nitrogens is 2. The first kappa shape index (κ1) is 13.2. The Morgan fingerprint density at radius 3 is 3.05 bits per heavy atom. The molecule has 3 N–H and O–H groups in total. The van der Waals surface area contributed by atoms with Crippen molar-refractivity contribution in [1.82, 2.24) is 15.5 Å². The second-order valence-electron chi connectivity index (χ2n) is 4.02. The molecule has 0 aliphatic rings. The third kappa shape index (κ3) is 3.17. The van der Waals surface area contributed by atoms with E-state index in [9.17, 15) is 4.79 Å². The maximum atomic E-state index is 11.5. The smallest absolute Gasteiger partial charge is 0.292 e. The molecule has 19 heavy (non-hydrogen) atoms. The molecule has 0 saturated carbocycles. The molecule has 0 fully saturated rings. The zero-order chi connectivity index (χ0) is 13.7. The Morgan fingerprint density at radius 2 is 2.32 bits per heavy atom. The van der Waals surface area contributed by atoms with E-state index in [2.05, 4.69) is 15.5 Å². The summed E-state index contributed by atoms with van der Waals surface area (Å²) < 4.78 is 5.10. The normalized spacial score (nSPS) is 10.4. The van der Waals surface area contributed by atoms with Gasteiger partial charge in [-0.15, -0.1) is 0 Å². The molecule has 0 aliphatic carbocycles. The van der Waals surface area contributed by atoms with Crippen molar-refractivity contribution in [2.24, 2.45) is 5.73 Å². The second-order valence-corrected chi connectivity index (χ2v) is 4.02. The number of nitrogens with zero attached hydrogens (tertiary/aromatic N) is 2. The number of carbonyl (C=O) groups excluding carboxylic acids is 1. The van der Waals surface area contributed by atoms with Gasteiger partial charge in [0, 0.05) is 12.1 Å². The maximum Gasteiger partial charge on any atom is 0.292 e. The van der Waals surface area contributed by atoms with Gasteiger partial charge in [-0.3, -0.25) is 4.79 Å². The lowest BCUT2D eigenvalue weighted by Gasteiger charge is -2.00. The highest BCUT2D eigenvalue weighted by Gasteiger charge is 2.14. The van der Waals surface area contributed by atoms with Crippen LogP contribution in [0.4, 0.5) is 0 Å². The van der Waals surface area contributed by atoms with Gasteiger partial charge in [0.05, 0.1) is 0 Å². The van der Waals surface area contributed by atoms with Crippen LogP contribution in [0.15, 0.2) is 28.8 Å². The van der Waals surface area contributed by atoms with Gasteiger partial charge in [0.1, 0.15) is 0 Å². The molecule has 1 aromatic heterocycles. The first-order valence-electron chi connectivity index (χ1n) is 6.16. The average Bonchev–Trinajstić information content (AvgIpc) is 2.89. The van der Waals surface area contributed by atoms with E-state index >= 15 is 0 Å². The monoisotopic (exact) mass is 260 g/mol. The van der Waals surface area contributed by atoms with Gasteiger partial charge in [-0.25, -0.2) is 0 Å². The van der Waals surface area contributed by atoms with Crippen LogP contribution in [-0.2, 0) is 6.42 Å². The van der Waals surface area contributed by atoms with Crippen LogP contribution >= 0.6 is 0 Å². The first-order valence-corrected chi connectivity index (χ1v) is 6.16. The highest BCUT2D eigenvalue weighted by atomic mass is 16.5. The third-order valence-corrected chi connectivity index (χ3v) is 2.57. The number of hydrogen-bond acceptors (Lipinski definition) is 5. The van der Waals surface area contributed by atoms with Gasteiger partial charge in [0.15, 0.2) is 0 Å². The van der Waals surface area contributed by atoms with Gasteiger partial charge >= 0.3 is 0 Å². The van der Waals surface area contributed by atoms with Crippen molar-refractivity contribution in [3.63, 3.8) is 0 Å². The summed E-state index contributed by atoms with van der Waals surface area (Å²) in [6.45, 7) is 2.93. The summed E-state index contributed by atoms with van der Waals surface area (Å²) in [5.41, 5.74) is 7.40. The number of hydrogen-bond donors (Lipinski definition) is 2. The molecule has 2 aromatic rings. The average molecular weight is 260 g/mol. The molecule has 0 radical (unpaired) electrons. The minimum absolute atomic E-state index is 0.0427. The van der Waals surface area contributed by atoms with E-state index in [-0.39, 0.29) is 11.7 Å². The molecule has 0 atom stereocenters. The lowest BCUT2D eigenvalue weighted by Crippen LogP contribution is -2.23. The summed E-state index contributed by atoms with van der Waals surface area (Å²) in [5.74, 6) is 0.0387. The van der Waals surface area contributed by atoms with E-state index in [1.54, 1.807) is 0 Å². The molecule has 6 heteroatoms. The lowest BCUT2D eigenvalue weighted by molar-refractivity contribution is 0.0942. The highest BCUT2D eigenvalue weighted by molar-refractivity contribution is 5.90. The van der Waals surface area contributed by atoms with Gasteiger partial charge in [-0.1, -0.05) is 17.3 Å². The topological polar surface area (TPSA) is 94.0 Å². The zero-order valence-electron chi connectivity index (χ0n) is 10.7. The van der Waals surface area contributed by atoms with Crippen molar-refractivity contribution in [3.8, 4) is 11.5 Å². The number of nitrogens with one attached hydrogen (secondary N) is 1. The standard InChI is InChI=1S/C13H16N4O2/c1-2-15-12(18)11-16-13(19-17-11)10-5-3-4-9(8-10)6-7-14/h3-5,8H,2,6-7,14H2,1H3,(H,15,18). The largest absolute Gasteiger partial charge is 0.349 e. The van der Waals surface area contributed by atoms with Crippen molar-refractivity contribution < 1.29 is 9.32 Å². The fraction of sp³-hybridized carbons (Fsp3) is 0.308. The molecule has 100 valence electrons. The Kier molecular flexibility index (Phi) is 4.25. The molecule has 0 saturated heterocycles. The summed E-state index contributed by atoms with van der Waals surface area (Å²) in [6, 6.07) is 7.67. The number of rotatable bonds is 5. The van der Waals surface area contributed by atoms with Crippen molar-refractivity contribution in [3.05, 3.63) is 35.7 Å². The molecule has 0 bridgehead atoms. The minimum Gasteiger partial charge on any atom is -0.349 e. The number of nitrogens with two attached hydrogens (primary N) is 1. The summed E-state index contributed by atoms with van der Waals surface area (Å²) in [5, 5.41) is 6.28. The van der Waals surface area contributed by atoms with Crippen molar-refractivity contribution in [2.75, 3.05) is 13.1 Å². The van der Waals surface area contributed by atoms with E-state index in [0.29, 0.717) is 19.0 Å². The van der Waals surface area contributed by atoms with Crippen LogP contribution in [-0.4, -0.2) is 29.1 Å². The Balaban J connectivity index is 2.22. The second kappa shape index (κ2) is 6.10. The summed E-state index contributed by atoms with van der Waals surface area (Å²) in [7, 11) is 0. The molecule has 0 aliphatic heterocycles. The first-order chi connectivity index (χ1) is 9.24. The molecule has 1 aromatic carbocycles. The molecular weight excluding hydrogens is 244 g/mol. The number of amides is 1. The summed E-state index contributed by atoms with van der Waals surface area (Å²) in [6.07, 6.45) is 0.783. The fourth-order valence-electron chi connectivity index (χ4n) is 1.70. The van der Waals surface area contributed by atoms with Crippen LogP contribution in [0, 0.1) is 0 Å². The Bertz CT molecular complexity index is 565. The molecule has 1 amide bonds. The lowest BCUT2D eigenvalue weighted by atomic mass is 10.1. The van der Waals surface area contributed by atoms with E-state index in [1.165, 1.54) is 0 Å². The molecule has 6 nitrogen and oxygen atoms in total. The molecule has 2 rings (SSSR count). The van der Waals surface area contributed by atoms with Crippen molar-refractivity contribution in [1.29, 1.82) is 0 Å². The molecule has 0 spiro atoms. The van der Waals surface area contributed by atoms with Crippen molar-refractivity contribution >= 4 is 5.91 Å². The Labute approximate surface area is 111 Å². The van der Waals surface area contributed by atoms with E-state index < -0.39 is 0 Å². The van der Waals surface area contributed by atoms with Crippen LogP contribution in [0.1, 0.15) is 23.1 Å². The Morgan fingerprint density at radius 1 is 1.47 bits per heavy atom. The van der Waals surface area contributed by atoms with Crippen LogP contribution < -0.4 is 11.1 Å². The van der Waals surface area contributed by atoms with Gasteiger partial charge in [-0.05, 0) is 37.6 Å². The minimum atomic E-state index is -0.337. The predicted octanol–water partition coefficient (Wildman–Crippen LogP) is 0.988.